The first kappa shape index (κ1) is 17.0. The van der Waals surface area contributed by atoms with E-state index in [0.717, 1.165) is 22.2 Å². The van der Waals surface area contributed by atoms with Crippen LogP contribution in [0.25, 0.3) is 10.9 Å². The van der Waals surface area contributed by atoms with Crippen LogP contribution in [0, 0.1) is 6.92 Å². The molecule has 0 bridgehead atoms. The van der Waals surface area contributed by atoms with E-state index in [-0.39, 0.29) is 5.97 Å². The number of aryl methyl sites for hydroxylation is 1. The van der Waals surface area contributed by atoms with E-state index in [9.17, 15) is 4.79 Å². The molecule has 0 radical (unpaired) electrons. The summed E-state index contributed by atoms with van der Waals surface area (Å²) in [6.07, 6.45) is 1.63. The predicted molar refractivity (Wildman–Crippen MR) is 101 cm³/mol. The van der Waals surface area contributed by atoms with Crippen LogP contribution in [0.4, 0.5) is 5.69 Å². The summed E-state index contributed by atoms with van der Waals surface area (Å²) in [7, 11) is 1.99. The maximum atomic E-state index is 12.5. The number of esters is 1. The molecule has 3 rings (SSSR count). The average Bonchev–Trinajstić information content (AvgIpc) is 2.62. The molecule has 0 aliphatic heterocycles. The van der Waals surface area contributed by atoms with Crippen molar-refractivity contribution in [2.24, 2.45) is 0 Å². The summed E-state index contributed by atoms with van der Waals surface area (Å²) in [5.74, 6) is -0.340. The molecule has 1 heterocycles. The third-order valence-electron chi connectivity index (χ3n) is 4.21. The molecule has 4 nitrogen and oxygen atoms in total. The minimum atomic E-state index is -0.340. The number of hydrogen-bond acceptors (Lipinski definition) is 4. The van der Waals surface area contributed by atoms with Crippen LogP contribution in [-0.4, -0.2) is 24.6 Å². The van der Waals surface area contributed by atoms with Crippen molar-refractivity contribution in [2.45, 2.75) is 20.4 Å². The van der Waals surface area contributed by atoms with E-state index in [4.69, 9.17) is 4.74 Å². The number of carbonyl (C=O) groups excluding carboxylic acids is 1. The number of para-hydroxylation sites is 1. The van der Waals surface area contributed by atoms with Gasteiger partial charge in [0.15, 0.2) is 0 Å². The molecular formula is C21H22N2O2. The lowest BCUT2D eigenvalue weighted by atomic mass is 10.0. The minimum Gasteiger partial charge on any atom is -0.462 e. The van der Waals surface area contributed by atoms with Crippen molar-refractivity contribution in [3.05, 3.63) is 71.4 Å². The zero-order valence-corrected chi connectivity index (χ0v) is 14.8. The number of benzene rings is 2. The van der Waals surface area contributed by atoms with E-state index in [1.165, 1.54) is 5.56 Å². The standard InChI is InChI=1S/C21H22N2O2/c1-4-25-21(24)18-13-22-19-15(2)9-8-12-17(19)20(18)23(3)14-16-10-6-5-7-11-16/h5-13H,4,14H2,1-3H3. The van der Waals surface area contributed by atoms with Crippen LogP contribution >= 0.6 is 0 Å². The van der Waals surface area contributed by atoms with E-state index in [1.807, 2.05) is 57.3 Å². The third kappa shape index (κ3) is 3.48. The molecule has 0 aliphatic rings. The van der Waals surface area contributed by atoms with Gasteiger partial charge in [0.1, 0.15) is 5.56 Å². The van der Waals surface area contributed by atoms with Gasteiger partial charge in [0, 0.05) is 25.2 Å². The van der Waals surface area contributed by atoms with Gasteiger partial charge in [-0.25, -0.2) is 4.79 Å². The zero-order chi connectivity index (χ0) is 17.8. The number of hydrogen-bond donors (Lipinski definition) is 0. The second-order valence-corrected chi connectivity index (χ2v) is 6.05. The largest absolute Gasteiger partial charge is 0.462 e. The highest BCUT2D eigenvalue weighted by molar-refractivity contribution is 6.05. The van der Waals surface area contributed by atoms with Gasteiger partial charge < -0.3 is 9.64 Å². The fourth-order valence-electron chi connectivity index (χ4n) is 3.06. The van der Waals surface area contributed by atoms with Gasteiger partial charge in [-0.3, -0.25) is 4.98 Å². The number of anilines is 1. The Bertz CT molecular complexity index is 891. The van der Waals surface area contributed by atoms with Gasteiger partial charge in [0.25, 0.3) is 0 Å². The van der Waals surface area contributed by atoms with Crippen molar-refractivity contribution in [3.63, 3.8) is 0 Å². The van der Waals surface area contributed by atoms with Crippen molar-refractivity contribution in [1.82, 2.24) is 4.98 Å². The zero-order valence-electron chi connectivity index (χ0n) is 14.8. The summed E-state index contributed by atoms with van der Waals surface area (Å²) in [6.45, 7) is 4.87. The molecule has 0 aliphatic carbocycles. The Morgan fingerprint density at radius 2 is 1.88 bits per heavy atom. The minimum absolute atomic E-state index is 0.340. The molecule has 0 atom stereocenters. The van der Waals surface area contributed by atoms with Crippen molar-refractivity contribution < 1.29 is 9.53 Å². The summed E-state index contributed by atoms with van der Waals surface area (Å²) < 4.78 is 5.24. The number of pyridine rings is 1. The number of ether oxygens (including phenoxy) is 1. The first-order chi connectivity index (χ1) is 12.1. The molecule has 0 saturated carbocycles. The Morgan fingerprint density at radius 3 is 2.60 bits per heavy atom. The molecule has 0 spiro atoms. The highest BCUT2D eigenvalue weighted by atomic mass is 16.5. The Balaban J connectivity index is 2.13. The van der Waals surface area contributed by atoms with Crippen LogP contribution in [0.1, 0.15) is 28.4 Å². The first-order valence-corrected chi connectivity index (χ1v) is 8.42. The number of rotatable bonds is 5. The van der Waals surface area contributed by atoms with E-state index >= 15 is 0 Å². The number of nitrogens with zero attached hydrogens (tertiary/aromatic N) is 2. The van der Waals surface area contributed by atoms with E-state index in [1.54, 1.807) is 6.20 Å². The highest BCUT2D eigenvalue weighted by Crippen LogP contribution is 2.31. The molecule has 128 valence electrons. The smallest absolute Gasteiger partial charge is 0.341 e. The fourth-order valence-corrected chi connectivity index (χ4v) is 3.06. The van der Waals surface area contributed by atoms with Gasteiger partial charge in [-0.05, 0) is 25.0 Å². The number of fused-ring (bicyclic) bond motifs is 1. The molecular weight excluding hydrogens is 312 g/mol. The normalized spacial score (nSPS) is 10.7. The number of carbonyl (C=O) groups is 1. The molecule has 2 aromatic carbocycles. The Hall–Kier alpha value is -2.88. The second-order valence-electron chi connectivity index (χ2n) is 6.05. The lowest BCUT2D eigenvalue weighted by Crippen LogP contribution is -2.21. The molecule has 0 fully saturated rings. The molecule has 4 heteroatoms. The van der Waals surface area contributed by atoms with Crippen molar-refractivity contribution >= 4 is 22.6 Å². The van der Waals surface area contributed by atoms with E-state index < -0.39 is 0 Å². The summed E-state index contributed by atoms with van der Waals surface area (Å²) in [5.41, 5.74) is 4.53. The molecule has 0 unspecified atom stereocenters. The molecule has 3 aromatic rings. The Labute approximate surface area is 148 Å². The maximum absolute atomic E-state index is 12.5. The van der Waals surface area contributed by atoms with Crippen LogP contribution in [0.15, 0.2) is 54.7 Å². The maximum Gasteiger partial charge on any atom is 0.341 e. The Kier molecular flexibility index (Phi) is 4.98. The van der Waals surface area contributed by atoms with Crippen molar-refractivity contribution in [3.8, 4) is 0 Å². The predicted octanol–water partition coefficient (Wildman–Crippen LogP) is 4.36. The quantitative estimate of drug-likeness (QED) is 0.650. The van der Waals surface area contributed by atoms with Gasteiger partial charge in [0.2, 0.25) is 0 Å². The van der Waals surface area contributed by atoms with Crippen LogP contribution in [0.2, 0.25) is 0 Å². The first-order valence-electron chi connectivity index (χ1n) is 8.42. The SMILES string of the molecule is CCOC(=O)c1cnc2c(C)cccc2c1N(C)Cc1ccccc1. The Morgan fingerprint density at radius 1 is 1.12 bits per heavy atom. The fraction of sp³-hybridized carbons (Fsp3) is 0.238. The lowest BCUT2D eigenvalue weighted by Gasteiger charge is -2.24. The third-order valence-corrected chi connectivity index (χ3v) is 4.21. The van der Waals surface area contributed by atoms with E-state index in [0.29, 0.717) is 18.7 Å². The van der Waals surface area contributed by atoms with Gasteiger partial charge >= 0.3 is 5.97 Å². The summed E-state index contributed by atoms with van der Waals surface area (Å²) in [5, 5.41) is 0.962. The van der Waals surface area contributed by atoms with Crippen LogP contribution in [-0.2, 0) is 11.3 Å². The van der Waals surface area contributed by atoms with Crippen LogP contribution in [0.5, 0.6) is 0 Å². The summed E-state index contributed by atoms with van der Waals surface area (Å²) >= 11 is 0. The monoisotopic (exact) mass is 334 g/mol. The molecule has 1 aromatic heterocycles. The van der Waals surface area contributed by atoms with Crippen molar-refractivity contribution in [2.75, 3.05) is 18.6 Å². The molecule has 0 amide bonds. The lowest BCUT2D eigenvalue weighted by molar-refractivity contribution is 0.0527. The van der Waals surface area contributed by atoms with E-state index in [2.05, 4.69) is 22.0 Å². The highest BCUT2D eigenvalue weighted by Gasteiger charge is 2.20. The topological polar surface area (TPSA) is 42.4 Å². The van der Waals surface area contributed by atoms with Crippen molar-refractivity contribution in [1.29, 1.82) is 0 Å². The molecule has 25 heavy (non-hydrogen) atoms. The van der Waals surface area contributed by atoms with Gasteiger partial charge in [-0.1, -0.05) is 48.5 Å². The second kappa shape index (κ2) is 7.34. The number of aromatic nitrogens is 1. The summed E-state index contributed by atoms with van der Waals surface area (Å²) in [6, 6.07) is 16.2. The summed E-state index contributed by atoms with van der Waals surface area (Å²) in [4.78, 5) is 19.1. The van der Waals surface area contributed by atoms with Gasteiger partial charge in [0.05, 0.1) is 17.8 Å². The van der Waals surface area contributed by atoms with Gasteiger partial charge in [-0.15, -0.1) is 0 Å². The van der Waals surface area contributed by atoms with Crippen LogP contribution in [0.3, 0.4) is 0 Å². The molecule has 0 N–H and O–H groups in total. The molecule has 0 saturated heterocycles. The van der Waals surface area contributed by atoms with Crippen LogP contribution < -0.4 is 4.90 Å². The average molecular weight is 334 g/mol. The van der Waals surface area contributed by atoms with Gasteiger partial charge in [-0.2, -0.15) is 0 Å².